The Balaban J connectivity index is 1.41. The van der Waals surface area contributed by atoms with Gasteiger partial charge in [0.05, 0.1) is 6.26 Å². The van der Waals surface area contributed by atoms with Crippen molar-refractivity contribution in [3.8, 4) is 11.5 Å². The van der Waals surface area contributed by atoms with E-state index >= 15 is 0 Å². The summed E-state index contributed by atoms with van der Waals surface area (Å²) in [5, 5.41) is 19.3. The Morgan fingerprint density at radius 1 is 1.32 bits per heavy atom. The number of hydrogen-bond acceptors (Lipinski definition) is 7. The highest BCUT2D eigenvalue weighted by Gasteiger charge is 2.40. The Morgan fingerprint density at radius 3 is 2.71 bits per heavy atom. The number of sulfonamides is 1. The first kappa shape index (κ1) is 19.5. The van der Waals surface area contributed by atoms with Crippen molar-refractivity contribution < 1.29 is 32.7 Å². The third-order valence-electron chi connectivity index (χ3n) is 5.61. The minimum absolute atomic E-state index is 0.0567. The molecule has 2 N–H and O–H groups in total. The molecular weight excluding hydrogens is 387 g/mol. The van der Waals surface area contributed by atoms with Crippen molar-refractivity contribution in [2.24, 2.45) is 0 Å². The van der Waals surface area contributed by atoms with E-state index in [1.54, 1.807) is 12.1 Å². The van der Waals surface area contributed by atoms with Gasteiger partial charge in [-0.15, -0.1) is 0 Å². The van der Waals surface area contributed by atoms with Gasteiger partial charge in [0.25, 0.3) is 0 Å². The quantitative estimate of drug-likeness (QED) is 0.647. The molecule has 9 nitrogen and oxygen atoms in total. The SMILES string of the molecule is CS(=O)(=O)N1CC[C@H](N2CC(Oc3ccc4c(c3C(=O)O)OB(O)CC4)C2)C1. The van der Waals surface area contributed by atoms with E-state index in [0.717, 1.165) is 12.0 Å². The van der Waals surface area contributed by atoms with Gasteiger partial charge in [-0.2, -0.15) is 0 Å². The maximum Gasteiger partial charge on any atom is 0.522 e. The minimum Gasteiger partial charge on any atom is -0.535 e. The zero-order valence-corrected chi connectivity index (χ0v) is 16.4. The second-order valence-electron chi connectivity index (χ2n) is 7.60. The molecule has 1 aromatic rings. The summed E-state index contributed by atoms with van der Waals surface area (Å²) >= 11 is 0. The zero-order valence-electron chi connectivity index (χ0n) is 15.6. The number of rotatable bonds is 5. The van der Waals surface area contributed by atoms with Gasteiger partial charge < -0.3 is 19.5 Å². The smallest absolute Gasteiger partial charge is 0.522 e. The first-order valence-corrected chi connectivity index (χ1v) is 11.2. The molecule has 0 amide bonds. The Bertz CT molecular complexity index is 888. The van der Waals surface area contributed by atoms with Crippen molar-refractivity contribution in [3.05, 3.63) is 23.3 Å². The van der Waals surface area contributed by atoms with Crippen LogP contribution in [0.2, 0.25) is 6.32 Å². The number of carboxylic acid groups (broad SMARTS) is 1. The molecule has 1 aromatic carbocycles. The normalized spacial score (nSPS) is 23.8. The molecule has 3 aliphatic rings. The van der Waals surface area contributed by atoms with Gasteiger partial charge >= 0.3 is 13.1 Å². The van der Waals surface area contributed by atoms with Crippen molar-refractivity contribution >= 4 is 23.1 Å². The number of hydrogen-bond donors (Lipinski definition) is 2. The van der Waals surface area contributed by atoms with Crippen molar-refractivity contribution in [2.45, 2.75) is 31.3 Å². The Hall–Kier alpha value is -1.82. The van der Waals surface area contributed by atoms with Crippen LogP contribution in [0.15, 0.2) is 12.1 Å². The zero-order chi connectivity index (χ0) is 20.1. The molecule has 0 aliphatic carbocycles. The van der Waals surface area contributed by atoms with Crippen molar-refractivity contribution in [1.29, 1.82) is 0 Å². The van der Waals surface area contributed by atoms with E-state index in [2.05, 4.69) is 4.90 Å². The molecule has 0 spiro atoms. The molecule has 3 aliphatic heterocycles. The first-order chi connectivity index (χ1) is 13.2. The second-order valence-corrected chi connectivity index (χ2v) is 9.58. The molecule has 152 valence electrons. The van der Waals surface area contributed by atoms with Crippen LogP contribution in [0.3, 0.4) is 0 Å². The molecule has 0 radical (unpaired) electrons. The molecule has 0 saturated carbocycles. The number of ether oxygens (including phenoxy) is 1. The maximum absolute atomic E-state index is 11.8. The van der Waals surface area contributed by atoms with Gasteiger partial charge in [-0.1, -0.05) is 6.07 Å². The highest BCUT2D eigenvalue weighted by atomic mass is 32.2. The lowest BCUT2D eigenvalue weighted by Gasteiger charge is -2.42. The molecular formula is C17H23BN2O7S. The van der Waals surface area contributed by atoms with Crippen LogP contribution in [0.4, 0.5) is 0 Å². The molecule has 0 aromatic heterocycles. The third kappa shape index (κ3) is 3.71. The van der Waals surface area contributed by atoms with Crippen LogP contribution >= 0.6 is 0 Å². The van der Waals surface area contributed by atoms with Gasteiger partial charge in [-0.05, 0) is 30.8 Å². The number of carbonyl (C=O) groups is 1. The monoisotopic (exact) mass is 410 g/mol. The lowest BCUT2D eigenvalue weighted by atomic mass is 9.78. The average Bonchev–Trinajstić information content (AvgIpc) is 3.06. The van der Waals surface area contributed by atoms with Crippen LogP contribution in [-0.4, -0.2) is 85.4 Å². The fourth-order valence-electron chi connectivity index (χ4n) is 4.05. The van der Waals surface area contributed by atoms with Gasteiger partial charge in [0.2, 0.25) is 10.0 Å². The van der Waals surface area contributed by atoms with Gasteiger partial charge in [-0.25, -0.2) is 17.5 Å². The van der Waals surface area contributed by atoms with Crippen molar-refractivity contribution in [2.75, 3.05) is 32.4 Å². The largest absolute Gasteiger partial charge is 0.535 e. The molecule has 0 bridgehead atoms. The fourth-order valence-corrected chi connectivity index (χ4v) is 4.93. The van der Waals surface area contributed by atoms with E-state index in [4.69, 9.17) is 9.39 Å². The predicted molar refractivity (Wildman–Crippen MR) is 101 cm³/mol. The fraction of sp³-hybridized carbons (Fsp3) is 0.588. The summed E-state index contributed by atoms with van der Waals surface area (Å²) in [6, 6.07) is 3.59. The number of nitrogens with zero attached hydrogens (tertiary/aromatic N) is 2. The van der Waals surface area contributed by atoms with Crippen LogP contribution in [0, 0.1) is 0 Å². The molecule has 0 unspecified atom stereocenters. The number of fused-ring (bicyclic) bond motifs is 1. The Labute approximate surface area is 164 Å². The topological polar surface area (TPSA) is 117 Å². The first-order valence-electron chi connectivity index (χ1n) is 9.32. The van der Waals surface area contributed by atoms with Crippen LogP contribution in [-0.2, 0) is 16.4 Å². The van der Waals surface area contributed by atoms with Gasteiger partial charge in [0.1, 0.15) is 23.2 Å². The van der Waals surface area contributed by atoms with Crippen LogP contribution in [0.5, 0.6) is 11.5 Å². The Morgan fingerprint density at radius 2 is 2.07 bits per heavy atom. The van der Waals surface area contributed by atoms with Gasteiger partial charge in [0.15, 0.2) is 0 Å². The number of aryl methyl sites for hydroxylation is 1. The van der Waals surface area contributed by atoms with Crippen molar-refractivity contribution in [3.63, 3.8) is 0 Å². The summed E-state index contributed by atoms with van der Waals surface area (Å²) in [6.45, 7) is 2.24. The molecule has 3 heterocycles. The highest BCUT2D eigenvalue weighted by molar-refractivity contribution is 7.88. The van der Waals surface area contributed by atoms with Crippen molar-refractivity contribution in [1.82, 2.24) is 9.21 Å². The molecule has 2 saturated heterocycles. The number of carboxylic acids is 1. The highest BCUT2D eigenvalue weighted by Crippen LogP contribution is 2.37. The lowest BCUT2D eigenvalue weighted by Crippen LogP contribution is -2.58. The molecule has 1 atom stereocenters. The molecule has 28 heavy (non-hydrogen) atoms. The van der Waals surface area contributed by atoms with E-state index in [1.165, 1.54) is 10.6 Å². The van der Waals surface area contributed by atoms with E-state index in [1.807, 2.05) is 0 Å². The summed E-state index contributed by atoms with van der Waals surface area (Å²) in [7, 11) is -4.18. The lowest BCUT2D eigenvalue weighted by molar-refractivity contribution is -0.00587. The van der Waals surface area contributed by atoms with E-state index < -0.39 is 23.1 Å². The maximum atomic E-state index is 11.8. The summed E-state index contributed by atoms with van der Waals surface area (Å²) < 4.78 is 36.1. The van der Waals surface area contributed by atoms with Crippen LogP contribution < -0.4 is 9.39 Å². The van der Waals surface area contributed by atoms with Crippen LogP contribution in [0.1, 0.15) is 22.3 Å². The molecule has 4 rings (SSSR count). The van der Waals surface area contributed by atoms with E-state index in [0.29, 0.717) is 38.9 Å². The molecule has 11 heteroatoms. The summed E-state index contributed by atoms with van der Waals surface area (Å²) in [5.74, 6) is -0.745. The number of benzene rings is 1. The molecule has 2 fully saturated rings. The van der Waals surface area contributed by atoms with Crippen LogP contribution in [0.25, 0.3) is 0 Å². The predicted octanol–water partition coefficient (Wildman–Crippen LogP) is -0.103. The van der Waals surface area contributed by atoms with E-state index in [-0.39, 0.29) is 29.2 Å². The Kier molecular flexibility index (Phi) is 5.02. The summed E-state index contributed by atoms with van der Waals surface area (Å²) in [4.78, 5) is 13.9. The van der Waals surface area contributed by atoms with Gasteiger partial charge in [0, 0.05) is 32.2 Å². The number of likely N-dealkylation sites (tertiary alicyclic amines) is 1. The van der Waals surface area contributed by atoms with Gasteiger partial charge in [-0.3, -0.25) is 4.90 Å². The minimum atomic E-state index is -3.17. The summed E-state index contributed by atoms with van der Waals surface area (Å²) in [5.41, 5.74) is 0.691. The standard InChI is InChI=1S/C17H23BN2O7S/c1-28(24,25)20-7-5-12(8-20)19-9-13(10-19)26-14-3-2-11-4-6-18(23)27-16(11)15(14)17(21)22/h2-3,12-13,23H,4-10H2,1H3,(H,21,22)/t12-/m0/s1. The second kappa shape index (κ2) is 7.22. The average molecular weight is 410 g/mol. The summed E-state index contributed by atoms with van der Waals surface area (Å²) in [6.07, 6.45) is 2.81. The number of aromatic carboxylic acids is 1. The van der Waals surface area contributed by atoms with E-state index in [9.17, 15) is 23.3 Å². The third-order valence-corrected chi connectivity index (χ3v) is 6.88.